The number of benzene rings is 1. The summed E-state index contributed by atoms with van der Waals surface area (Å²) in [7, 11) is 0. The first-order chi connectivity index (χ1) is 10.6. The van der Waals surface area contributed by atoms with E-state index in [0.29, 0.717) is 5.91 Å². The van der Waals surface area contributed by atoms with E-state index in [-0.39, 0.29) is 6.04 Å². The lowest BCUT2D eigenvalue weighted by atomic mass is 9.98. The van der Waals surface area contributed by atoms with Crippen molar-refractivity contribution in [3.8, 4) is 0 Å². The average Bonchev–Trinajstić information content (AvgIpc) is 2.76. The molecular formula is C19H28N2O. The van der Waals surface area contributed by atoms with E-state index in [2.05, 4.69) is 47.9 Å². The van der Waals surface area contributed by atoms with E-state index in [1.54, 1.807) is 0 Å². The molecule has 0 unspecified atom stereocenters. The molecule has 0 saturated carbocycles. The van der Waals surface area contributed by atoms with Crippen LogP contribution in [0.3, 0.4) is 0 Å². The number of carbonyl (C=O) groups excluding carboxylic acids is 1. The molecule has 1 amide bonds. The lowest BCUT2D eigenvalue weighted by Crippen LogP contribution is -2.49. The molecular weight excluding hydrogens is 272 g/mol. The third-order valence-electron chi connectivity index (χ3n) is 5.38. The largest absolute Gasteiger partial charge is 0.341 e. The Morgan fingerprint density at radius 1 is 1.14 bits per heavy atom. The highest BCUT2D eigenvalue weighted by Crippen LogP contribution is 2.22. The van der Waals surface area contributed by atoms with Crippen LogP contribution >= 0.6 is 0 Å². The van der Waals surface area contributed by atoms with Gasteiger partial charge in [-0.2, -0.15) is 0 Å². The second-order valence-corrected chi connectivity index (χ2v) is 7.03. The van der Waals surface area contributed by atoms with Gasteiger partial charge in [0.2, 0.25) is 5.91 Å². The molecule has 3 heteroatoms. The number of likely N-dealkylation sites (tertiary alicyclic amines) is 1. The first-order valence-corrected chi connectivity index (χ1v) is 8.75. The minimum atomic E-state index is -0.000405. The summed E-state index contributed by atoms with van der Waals surface area (Å²) >= 11 is 0. The van der Waals surface area contributed by atoms with Gasteiger partial charge in [-0.15, -0.1) is 0 Å². The zero-order valence-corrected chi connectivity index (χ0v) is 13.9. The van der Waals surface area contributed by atoms with E-state index in [1.807, 2.05) is 0 Å². The van der Waals surface area contributed by atoms with Gasteiger partial charge in [-0.25, -0.2) is 0 Å². The number of nitrogens with zero attached hydrogens (tertiary/aromatic N) is 2. The molecule has 0 spiro atoms. The second kappa shape index (κ2) is 6.82. The highest BCUT2D eigenvalue weighted by atomic mass is 16.2. The van der Waals surface area contributed by atoms with Gasteiger partial charge >= 0.3 is 0 Å². The van der Waals surface area contributed by atoms with Crippen molar-refractivity contribution in [2.75, 3.05) is 19.6 Å². The molecule has 0 radical (unpaired) electrons. The fraction of sp³-hybridized carbons (Fsp3) is 0.632. The molecule has 2 aliphatic rings. The lowest BCUT2D eigenvalue weighted by Gasteiger charge is -2.35. The summed E-state index contributed by atoms with van der Waals surface area (Å²) in [6.45, 7) is 8.19. The van der Waals surface area contributed by atoms with E-state index < -0.39 is 0 Å². The molecule has 1 fully saturated rings. The van der Waals surface area contributed by atoms with Gasteiger partial charge in [-0.05, 0) is 56.2 Å². The zero-order chi connectivity index (χ0) is 15.5. The third-order valence-corrected chi connectivity index (χ3v) is 5.38. The van der Waals surface area contributed by atoms with Crippen LogP contribution in [0.2, 0.25) is 0 Å². The summed E-state index contributed by atoms with van der Waals surface area (Å²) in [5.41, 5.74) is 2.85. The van der Waals surface area contributed by atoms with Gasteiger partial charge in [0.05, 0.1) is 6.04 Å². The normalized spacial score (nSPS) is 22.0. The van der Waals surface area contributed by atoms with Crippen molar-refractivity contribution in [1.82, 2.24) is 9.80 Å². The lowest BCUT2D eigenvalue weighted by molar-refractivity contribution is -0.138. The van der Waals surface area contributed by atoms with Crippen molar-refractivity contribution < 1.29 is 4.79 Å². The Morgan fingerprint density at radius 3 is 2.55 bits per heavy atom. The summed E-state index contributed by atoms with van der Waals surface area (Å²) in [6, 6.07) is 8.68. The number of rotatable bonds is 2. The number of hydrogen-bond donors (Lipinski definition) is 0. The summed E-state index contributed by atoms with van der Waals surface area (Å²) in [6.07, 6.45) is 4.59. The molecule has 0 N–H and O–H groups in total. The van der Waals surface area contributed by atoms with Crippen molar-refractivity contribution in [2.45, 2.75) is 52.1 Å². The Morgan fingerprint density at radius 2 is 1.82 bits per heavy atom. The van der Waals surface area contributed by atoms with Crippen LogP contribution in [0.4, 0.5) is 0 Å². The van der Waals surface area contributed by atoms with Crippen LogP contribution in [-0.4, -0.2) is 41.4 Å². The van der Waals surface area contributed by atoms with Crippen molar-refractivity contribution in [2.24, 2.45) is 5.92 Å². The van der Waals surface area contributed by atoms with Gasteiger partial charge in [-0.1, -0.05) is 31.2 Å². The minimum absolute atomic E-state index is 0.000405. The maximum Gasteiger partial charge on any atom is 0.239 e. The van der Waals surface area contributed by atoms with Gasteiger partial charge in [-0.3, -0.25) is 9.69 Å². The fourth-order valence-corrected chi connectivity index (χ4v) is 3.71. The number of amides is 1. The molecule has 3 rings (SSSR count). The standard InChI is InChI=1S/C19H28N2O/c1-15-9-12-20(13-10-15)19(22)16(2)21-11-5-8-17-6-3-4-7-18(17)14-21/h3-4,6-7,15-16H,5,8-14H2,1-2H3/t16-/m1/s1. The first kappa shape index (κ1) is 15.5. The maximum absolute atomic E-state index is 12.8. The van der Waals surface area contributed by atoms with Crippen LogP contribution in [0.5, 0.6) is 0 Å². The van der Waals surface area contributed by atoms with Crippen LogP contribution in [0.15, 0.2) is 24.3 Å². The number of hydrogen-bond acceptors (Lipinski definition) is 2. The number of fused-ring (bicyclic) bond motifs is 1. The SMILES string of the molecule is CC1CCN(C(=O)[C@@H](C)N2CCCc3ccccc3C2)CC1. The molecule has 2 heterocycles. The molecule has 0 aromatic heterocycles. The van der Waals surface area contributed by atoms with Crippen LogP contribution in [0.1, 0.15) is 44.2 Å². The van der Waals surface area contributed by atoms with Crippen LogP contribution in [0, 0.1) is 5.92 Å². The monoisotopic (exact) mass is 300 g/mol. The fourth-order valence-electron chi connectivity index (χ4n) is 3.71. The quantitative estimate of drug-likeness (QED) is 0.838. The highest BCUT2D eigenvalue weighted by Gasteiger charge is 2.29. The summed E-state index contributed by atoms with van der Waals surface area (Å²) in [5.74, 6) is 1.09. The Kier molecular flexibility index (Phi) is 4.82. The third kappa shape index (κ3) is 3.35. The van der Waals surface area contributed by atoms with Crippen molar-refractivity contribution in [3.63, 3.8) is 0 Å². The molecule has 1 aromatic rings. The Hall–Kier alpha value is -1.35. The van der Waals surface area contributed by atoms with E-state index in [4.69, 9.17) is 0 Å². The molecule has 120 valence electrons. The second-order valence-electron chi connectivity index (χ2n) is 7.03. The van der Waals surface area contributed by atoms with Crippen LogP contribution < -0.4 is 0 Å². The Bertz CT molecular complexity index is 520. The predicted octanol–water partition coefficient (Wildman–Crippen LogP) is 3.08. The van der Waals surface area contributed by atoms with Gasteiger partial charge in [0.15, 0.2) is 0 Å². The summed E-state index contributed by atoms with van der Waals surface area (Å²) in [5, 5.41) is 0. The average molecular weight is 300 g/mol. The molecule has 2 aliphatic heterocycles. The van der Waals surface area contributed by atoms with E-state index in [0.717, 1.165) is 57.8 Å². The van der Waals surface area contributed by atoms with Gasteiger partial charge in [0.25, 0.3) is 0 Å². The van der Waals surface area contributed by atoms with Crippen molar-refractivity contribution in [1.29, 1.82) is 0 Å². The van der Waals surface area contributed by atoms with Crippen LogP contribution in [0.25, 0.3) is 0 Å². The van der Waals surface area contributed by atoms with Gasteiger partial charge in [0.1, 0.15) is 0 Å². The number of piperidine rings is 1. The molecule has 22 heavy (non-hydrogen) atoms. The first-order valence-electron chi connectivity index (χ1n) is 8.75. The predicted molar refractivity (Wildman–Crippen MR) is 89.6 cm³/mol. The molecule has 1 saturated heterocycles. The molecule has 3 nitrogen and oxygen atoms in total. The highest BCUT2D eigenvalue weighted by molar-refractivity contribution is 5.81. The Labute approximate surface area is 134 Å². The number of aryl methyl sites for hydroxylation is 1. The molecule has 1 atom stereocenters. The molecule has 1 aromatic carbocycles. The minimum Gasteiger partial charge on any atom is -0.341 e. The topological polar surface area (TPSA) is 23.6 Å². The van der Waals surface area contributed by atoms with Crippen molar-refractivity contribution >= 4 is 5.91 Å². The zero-order valence-electron chi connectivity index (χ0n) is 13.9. The number of carbonyl (C=O) groups is 1. The van der Waals surface area contributed by atoms with Crippen LogP contribution in [-0.2, 0) is 17.8 Å². The summed E-state index contributed by atoms with van der Waals surface area (Å²) < 4.78 is 0. The maximum atomic E-state index is 12.8. The van der Waals surface area contributed by atoms with Gasteiger partial charge in [0, 0.05) is 19.6 Å². The van der Waals surface area contributed by atoms with Gasteiger partial charge < -0.3 is 4.90 Å². The molecule has 0 bridgehead atoms. The van der Waals surface area contributed by atoms with E-state index >= 15 is 0 Å². The molecule has 0 aliphatic carbocycles. The van der Waals surface area contributed by atoms with E-state index in [1.165, 1.54) is 11.1 Å². The van der Waals surface area contributed by atoms with E-state index in [9.17, 15) is 4.79 Å². The smallest absolute Gasteiger partial charge is 0.239 e. The van der Waals surface area contributed by atoms with Crippen molar-refractivity contribution in [3.05, 3.63) is 35.4 Å². The summed E-state index contributed by atoms with van der Waals surface area (Å²) in [4.78, 5) is 17.3. The Balaban J connectivity index is 1.67.